The Morgan fingerprint density at radius 3 is 2.57 bits per heavy atom. The van der Waals surface area contributed by atoms with Gasteiger partial charge in [-0.2, -0.15) is 0 Å². The Kier molecular flexibility index (Phi) is 6.05. The summed E-state index contributed by atoms with van der Waals surface area (Å²) in [4.78, 5) is 0. The van der Waals surface area contributed by atoms with Gasteiger partial charge >= 0.3 is 0 Å². The van der Waals surface area contributed by atoms with Crippen LogP contribution in [0.5, 0.6) is 5.75 Å². The maximum Gasteiger partial charge on any atom is 0.171 e. The van der Waals surface area contributed by atoms with Crippen LogP contribution in [0.2, 0.25) is 5.02 Å². The molecule has 1 aromatic carbocycles. The number of benzene rings is 1. The predicted molar refractivity (Wildman–Crippen MR) is 90.4 cm³/mol. The average Bonchev–Trinajstić information content (AvgIpc) is 2.51. The zero-order valence-electron chi connectivity index (χ0n) is 13.6. The summed E-state index contributed by atoms with van der Waals surface area (Å²) in [6, 6.07) is 2.54. The van der Waals surface area contributed by atoms with Crippen LogP contribution in [-0.4, -0.2) is 27.3 Å². The molecule has 1 fully saturated rings. The second-order valence-electron chi connectivity index (χ2n) is 6.73. The third-order valence-corrected chi connectivity index (χ3v) is 5.84. The van der Waals surface area contributed by atoms with Crippen molar-refractivity contribution in [3.05, 3.63) is 28.5 Å². The highest BCUT2D eigenvalue weighted by Gasteiger charge is 2.32. The summed E-state index contributed by atoms with van der Waals surface area (Å²) in [5.74, 6) is -1.25. The molecule has 0 aromatic heterocycles. The first-order valence-electron chi connectivity index (χ1n) is 7.64. The van der Waals surface area contributed by atoms with Crippen LogP contribution in [0, 0.1) is 11.7 Å². The average molecular weight is 364 g/mol. The number of rotatable bonds is 4. The van der Waals surface area contributed by atoms with Crippen molar-refractivity contribution in [1.82, 2.24) is 4.72 Å². The highest BCUT2D eigenvalue weighted by Crippen LogP contribution is 2.37. The second-order valence-corrected chi connectivity index (χ2v) is 9.13. The van der Waals surface area contributed by atoms with E-state index in [9.17, 15) is 13.7 Å². The highest BCUT2D eigenvalue weighted by molar-refractivity contribution is 7.84. The van der Waals surface area contributed by atoms with Crippen molar-refractivity contribution in [1.29, 1.82) is 0 Å². The Balaban J connectivity index is 2.37. The van der Waals surface area contributed by atoms with E-state index >= 15 is 0 Å². The number of aromatic hydroxyl groups is 1. The van der Waals surface area contributed by atoms with Crippen LogP contribution in [0.25, 0.3) is 0 Å². The van der Waals surface area contributed by atoms with Gasteiger partial charge in [0.15, 0.2) is 11.6 Å². The number of phenols is 1. The minimum atomic E-state index is -1.36. The minimum absolute atomic E-state index is 0.0334. The molecule has 1 heterocycles. The van der Waals surface area contributed by atoms with E-state index in [1.807, 2.05) is 20.8 Å². The molecule has 23 heavy (non-hydrogen) atoms. The topological polar surface area (TPSA) is 58.6 Å². The summed E-state index contributed by atoms with van der Waals surface area (Å²) in [5.41, 5.74) is 0.288. The van der Waals surface area contributed by atoms with Crippen LogP contribution >= 0.6 is 11.6 Å². The van der Waals surface area contributed by atoms with E-state index < -0.39 is 33.3 Å². The van der Waals surface area contributed by atoms with Gasteiger partial charge in [-0.25, -0.2) is 13.3 Å². The Labute approximate surface area is 144 Å². The minimum Gasteiger partial charge on any atom is -0.504 e. The number of halogens is 2. The Hall–Kier alpha value is -0.690. The molecule has 7 heteroatoms. The van der Waals surface area contributed by atoms with Gasteiger partial charge in [-0.15, -0.1) is 0 Å². The Morgan fingerprint density at radius 1 is 1.39 bits per heavy atom. The maximum absolute atomic E-state index is 14.5. The van der Waals surface area contributed by atoms with Crippen molar-refractivity contribution in [3.63, 3.8) is 0 Å². The van der Waals surface area contributed by atoms with E-state index in [1.54, 1.807) is 6.07 Å². The van der Waals surface area contributed by atoms with Gasteiger partial charge in [0.25, 0.3) is 0 Å². The van der Waals surface area contributed by atoms with Crippen molar-refractivity contribution < 1.29 is 18.4 Å². The largest absolute Gasteiger partial charge is 0.504 e. The van der Waals surface area contributed by atoms with E-state index in [2.05, 4.69) is 4.72 Å². The van der Waals surface area contributed by atoms with Crippen LogP contribution in [0.1, 0.15) is 45.2 Å². The molecule has 1 saturated heterocycles. The summed E-state index contributed by atoms with van der Waals surface area (Å²) in [7, 11) is -1.36. The number of hydrogen-bond donors (Lipinski definition) is 2. The van der Waals surface area contributed by atoms with Crippen LogP contribution in [0.4, 0.5) is 4.39 Å². The fraction of sp³-hybridized carbons (Fsp3) is 0.625. The van der Waals surface area contributed by atoms with E-state index in [0.717, 1.165) is 12.8 Å². The fourth-order valence-electron chi connectivity index (χ4n) is 2.55. The van der Waals surface area contributed by atoms with E-state index in [-0.39, 0.29) is 16.5 Å². The number of phenolic OH excluding ortho intramolecular Hbond substituents is 1. The first kappa shape index (κ1) is 18.6. The third kappa shape index (κ3) is 4.44. The molecule has 0 aliphatic carbocycles. The summed E-state index contributed by atoms with van der Waals surface area (Å²) in [6.07, 6.45) is 1.48. The zero-order chi connectivity index (χ0) is 17.2. The molecular formula is C16H23ClFNO3S. The van der Waals surface area contributed by atoms with Gasteiger partial charge in [0.2, 0.25) is 0 Å². The predicted octanol–water partition coefficient (Wildman–Crippen LogP) is 3.70. The lowest BCUT2D eigenvalue weighted by molar-refractivity contribution is 0.0561. The van der Waals surface area contributed by atoms with E-state index in [0.29, 0.717) is 13.2 Å². The van der Waals surface area contributed by atoms with Gasteiger partial charge in [0, 0.05) is 18.8 Å². The molecule has 1 aliphatic rings. The molecule has 0 radical (unpaired) electrons. The molecule has 2 atom stereocenters. The first-order valence-corrected chi connectivity index (χ1v) is 9.17. The fourth-order valence-corrected chi connectivity index (χ4v) is 3.60. The molecule has 0 unspecified atom stereocenters. The van der Waals surface area contributed by atoms with Gasteiger partial charge in [-0.3, -0.25) is 0 Å². The Morgan fingerprint density at radius 2 is 2.00 bits per heavy atom. The second kappa shape index (κ2) is 7.47. The summed E-state index contributed by atoms with van der Waals surface area (Å²) in [6.45, 7) is 6.74. The first-order chi connectivity index (χ1) is 10.7. The summed E-state index contributed by atoms with van der Waals surface area (Å²) < 4.78 is 35.0. The zero-order valence-corrected chi connectivity index (χ0v) is 15.1. The molecule has 4 nitrogen and oxygen atoms in total. The van der Waals surface area contributed by atoms with Crippen LogP contribution < -0.4 is 4.72 Å². The Bertz CT molecular complexity index is 585. The number of hydrogen-bond acceptors (Lipinski definition) is 3. The molecule has 0 amide bonds. The number of ether oxygens (including phenoxy) is 1. The molecule has 2 rings (SSSR count). The maximum atomic E-state index is 14.5. The lowest BCUT2D eigenvalue weighted by atomic mass is 9.87. The standard InChI is InChI=1S/C16H23ClFNO3S/c1-16(2,3)23(21)19-14(10-6-8-22-9-7-10)11-4-5-12(17)15(20)13(11)18/h4-5,10,14,19-20H,6-9H2,1-3H3/t14-,23+/m0/s1. The van der Waals surface area contributed by atoms with Crippen LogP contribution in [0.15, 0.2) is 12.1 Å². The van der Waals surface area contributed by atoms with Crippen molar-refractivity contribution in [2.75, 3.05) is 13.2 Å². The van der Waals surface area contributed by atoms with Crippen molar-refractivity contribution >= 4 is 22.6 Å². The van der Waals surface area contributed by atoms with E-state index in [4.69, 9.17) is 16.3 Å². The van der Waals surface area contributed by atoms with Crippen LogP contribution in [-0.2, 0) is 15.7 Å². The van der Waals surface area contributed by atoms with Crippen molar-refractivity contribution in [3.8, 4) is 5.75 Å². The molecule has 0 saturated carbocycles. The monoisotopic (exact) mass is 363 g/mol. The molecule has 0 spiro atoms. The SMILES string of the molecule is CC(C)(C)[S@@](=O)N[C@H](c1ccc(Cl)c(O)c1F)C1CCOCC1. The molecule has 1 aliphatic heterocycles. The van der Waals surface area contributed by atoms with Gasteiger partial charge in [0.1, 0.15) is 0 Å². The third-order valence-electron chi connectivity index (χ3n) is 3.96. The summed E-state index contributed by atoms with van der Waals surface area (Å²) in [5, 5.41) is 9.76. The lowest BCUT2D eigenvalue weighted by Gasteiger charge is -2.33. The molecule has 1 aromatic rings. The van der Waals surface area contributed by atoms with Crippen molar-refractivity contribution in [2.24, 2.45) is 5.92 Å². The van der Waals surface area contributed by atoms with Gasteiger partial charge in [0.05, 0.1) is 26.8 Å². The number of nitrogens with one attached hydrogen (secondary N) is 1. The summed E-state index contributed by atoms with van der Waals surface area (Å²) >= 11 is 5.76. The smallest absolute Gasteiger partial charge is 0.171 e. The molecule has 2 N–H and O–H groups in total. The van der Waals surface area contributed by atoms with E-state index in [1.165, 1.54) is 6.07 Å². The highest BCUT2D eigenvalue weighted by atomic mass is 35.5. The molecular weight excluding hydrogens is 341 g/mol. The molecule has 130 valence electrons. The quantitative estimate of drug-likeness (QED) is 0.857. The van der Waals surface area contributed by atoms with Gasteiger partial charge < -0.3 is 9.84 Å². The van der Waals surface area contributed by atoms with Gasteiger partial charge in [-0.1, -0.05) is 17.7 Å². The molecule has 0 bridgehead atoms. The van der Waals surface area contributed by atoms with Crippen molar-refractivity contribution in [2.45, 2.75) is 44.4 Å². The normalized spacial score (nSPS) is 19.5. The van der Waals surface area contributed by atoms with Crippen LogP contribution in [0.3, 0.4) is 0 Å². The van der Waals surface area contributed by atoms with Gasteiger partial charge in [-0.05, 0) is 45.6 Å². The lowest BCUT2D eigenvalue weighted by Crippen LogP contribution is -2.40.